The third-order valence-electron chi connectivity index (χ3n) is 3.21. The Bertz CT molecular complexity index is 446. The Kier molecular flexibility index (Phi) is 4.58. The van der Waals surface area contributed by atoms with Crippen LogP contribution in [0, 0.1) is 0 Å². The van der Waals surface area contributed by atoms with Crippen LogP contribution in [0.15, 0.2) is 18.5 Å². The van der Waals surface area contributed by atoms with E-state index in [1.807, 2.05) is 12.4 Å². The van der Waals surface area contributed by atoms with Gasteiger partial charge in [-0.15, -0.1) is 0 Å². The van der Waals surface area contributed by atoms with E-state index >= 15 is 0 Å². The van der Waals surface area contributed by atoms with Crippen LogP contribution >= 0.6 is 0 Å². The minimum atomic E-state index is -0.632. The Balaban J connectivity index is 2.10. The minimum absolute atomic E-state index is 0.0938. The summed E-state index contributed by atoms with van der Waals surface area (Å²) in [5, 5.41) is 3.50. The molecule has 4 nitrogen and oxygen atoms in total. The second-order valence-electron chi connectivity index (χ2n) is 5.94. The van der Waals surface area contributed by atoms with Gasteiger partial charge in [0, 0.05) is 71.1 Å². The first-order valence-electron chi connectivity index (χ1n) is 6.73. The molecular weight excluding hydrogens is 258 g/mol. The van der Waals surface area contributed by atoms with Crippen molar-refractivity contribution in [3.63, 3.8) is 0 Å². The number of nitrogens with one attached hydrogen (secondary N) is 1. The van der Waals surface area contributed by atoms with E-state index in [1.165, 1.54) is 11.3 Å². The topological polar surface area (TPSA) is 45.2 Å². The van der Waals surface area contributed by atoms with Crippen molar-refractivity contribution in [1.29, 1.82) is 0 Å². The van der Waals surface area contributed by atoms with Crippen molar-refractivity contribution in [3.05, 3.63) is 24.0 Å². The van der Waals surface area contributed by atoms with Crippen molar-refractivity contribution in [1.82, 2.24) is 10.3 Å². The van der Waals surface area contributed by atoms with Crippen molar-refractivity contribution in [3.8, 4) is 0 Å². The molecule has 0 atom stereocenters. The molecule has 2 heterocycles. The molecule has 0 aliphatic carbocycles. The quantitative estimate of drug-likeness (QED) is 0.913. The maximum absolute atomic E-state index is 11.4. The van der Waals surface area contributed by atoms with Crippen molar-refractivity contribution in [2.24, 2.45) is 0 Å². The first-order valence-corrected chi connectivity index (χ1v) is 8.22. The van der Waals surface area contributed by atoms with E-state index < -0.39 is 10.8 Å². The summed E-state index contributed by atoms with van der Waals surface area (Å²) in [5.41, 5.74) is 2.53. The van der Waals surface area contributed by atoms with Crippen molar-refractivity contribution in [2.75, 3.05) is 29.5 Å². The second kappa shape index (κ2) is 6.01. The van der Waals surface area contributed by atoms with Gasteiger partial charge < -0.3 is 10.2 Å². The van der Waals surface area contributed by atoms with Gasteiger partial charge in [-0.3, -0.25) is 9.19 Å². The zero-order valence-corrected chi connectivity index (χ0v) is 12.8. The highest BCUT2D eigenvalue weighted by atomic mass is 32.2. The molecule has 1 fully saturated rings. The van der Waals surface area contributed by atoms with E-state index in [9.17, 15) is 4.21 Å². The molecule has 0 spiro atoms. The number of anilines is 1. The van der Waals surface area contributed by atoms with Crippen LogP contribution in [0.5, 0.6) is 0 Å². The maximum atomic E-state index is 11.4. The Morgan fingerprint density at radius 2 is 2.05 bits per heavy atom. The van der Waals surface area contributed by atoms with E-state index in [0.29, 0.717) is 0 Å². The largest absolute Gasteiger partial charge is 0.369 e. The highest BCUT2D eigenvalue weighted by Gasteiger charge is 2.18. The lowest BCUT2D eigenvalue weighted by Crippen LogP contribution is -2.39. The zero-order chi connectivity index (χ0) is 13.9. The van der Waals surface area contributed by atoms with Gasteiger partial charge in [0.2, 0.25) is 0 Å². The van der Waals surface area contributed by atoms with E-state index in [4.69, 9.17) is 0 Å². The highest BCUT2D eigenvalue weighted by Crippen LogP contribution is 2.21. The molecular formula is C14H23N3OS. The molecule has 1 aliphatic heterocycles. The van der Waals surface area contributed by atoms with Gasteiger partial charge >= 0.3 is 0 Å². The smallest absolute Gasteiger partial charge is 0.0443 e. The third kappa shape index (κ3) is 4.28. The zero-order valence-electron chi connectivity index (χ0n) is 12.0. The summed E-state index contributed by atoms with van der Waals surface area (Å²) in [7, 11) is -0.632. The van der Waals surface area contributed by atoms with Crippen molar-refractivity contribution in [2.45, 2.75) is 32.9 Å². The predicted octanol–water partition coefficient (Wildman–Crippen LogP) is 1.54. The molecule has 1 saturated heterocycles. The molecule has 2 rings (SSSR count). The van der Waals surface area contributed by atoms with Crippen LogP contribution in [-0.2, 0) is 17.3 Å². The van der Waals surface area contributed by atoms with Gasteiger partial charge in [0.05, 0.1) is 0 Å². The average Bonchev–Trinajstić information content (AvgIpc) is 2.37. The lowest BCUT2D eigenvalue weighted by molar-refractivity contribution is 0.424. The number of pyridine rings is 1. The van der Waals surface area contributed by atoms with Crippen LogP contribution in [0.4, 0.5) is 5.69 Å². The summed E-state index contributed by atoms with van der Waals surface area (Å²) >= 11 is 0. The summed E-state index contributed by atoms with van der Waals surface area (Å²) in [6.45, 7) is 9.04. The van der Waals surface area contributed by atoms with Crippen molar-refractivity contribution >= 4 is 16.5 Å². The molecule has 5 heteroatoms. The fourth-order valence-corrected chi connectivity index (χ4v) is 3.16. The SMILES string of the molecule is CC(C)(C)NCc1cnccc1N1CCS(=O)CC1. The lowest BCUT2D eigenvalue weighted by atomic mass is 10.1. The Morgan fingerprint density at radius 1 is 1.37 bits per heavy atom. The average molecular weight is 281 g/mol. The van der Waals surface area contributed by atoms with Gasteiger partial charge in [-0.1, -0.05) is 0 Å². The maximum Gasteiger partial charge on any atom is 0.0443 e. The van der Waals surface area contributed by atoms with Crippen LogP contribution in [0.2, 0.25) is 0 Å². The number of hydrogen-bond donors (Lipinski definition) is 1. The van der Waals surface area contributed by atoms with Gasteiger partial charge in [-0.2, -0.15) is 0 Å². The Morgan fingerprint density at radius 3 is 2.68 bits per heavy atom. The van der Waals surface area contributed by atoms with Crippen LogP contribution in [0.1, 0.15) is 26.3 Å². The van der Waals surface area contributed by atoms with Crippen molar-refractivity contribution < 1.29 is 4.21 Å². The molecule has 106 valence electrons. The monoisotopic (exact) mass is 281 g/mol. The number of nitrogens with zero attached hydrogens (tertiary/aromatic N) is 2. The molecule has 1 aromatic heterocycles. The van der Waals surface area contributed by atoms with E-state index in [1.54, 1.807) is 0 Å². The normalized spacial score (nSPS) is 17.7. The first-order chi connectivity index (χ1) is 8.96. The fourth-order valence-electron chi connectivity index (χ4n) is 2.10. The Hall–Kier alpha value is -0.940. The van der Waals surface area contributed by atoms with E-state index in [2.05, 4.69) is 42.0 Å². The molecule has 1 N–H and O–H groups in total. The van der Waals surface area contributed by atoms with E-state index in [0.717, 1.165) is 31.1 Å². The molecule has 1 aliphatic rings. The van der Waals surface area contributed by atoms with Gasteiger partial charge in [0.15, 0.2) is 0 Å². The van der Waals surface area contributed by atoms with Gasteiger partial charge in [-0.25, -0.2) is 0 Å². The van der Waals surface area contributed by atoms with Crippen LogP contribution < -0.4 is 10.2 Å². The summed E-state index contributed by atoms with van der Waals surface area (Å²) in [6, 6.07) is 2.06. The molecule has 0 bridgehead atoms. The van der Waals surface area contributed by atoms with Gasteiger partial charge in [0.25, 0.3) is 0 Å². The van der Waals surface area contributed by atoms with Gasteiger partial charge in [0.1, 0.15) is 0 Å². The van der Waals surface area contributed by atoms with Crippen LogP contribution in [-0.4, -0.2) is 39.3 Å². The summed E-state index contributed by atoms with van der Waals surface area (Å²) in [6.07, 6.45) is 3.77. The number of rotatable bonds is 3. The fraction of sp³-hybridized carbons (Fsp3) is 0.643. The summed E-state index contributed by atoms with van der Waals surface area (Å²) in [5.74, 6) is 1.54. The molecule has 19 heavy (non-hydrogen) atoms. The number of aromatic nitrogens is 1. The first kappa shape index (κ1) is 14.5. The molecule has 0 aromatic carbocycles. The lowest BCUT2D eigenvalue weighted by Gasteiger charge is -2.31. The predicted molar refractivity (Wildman–Crippen MR) is 80.9 cm³/mol. The third-order valence-corrected chi connectivity index (χ3v) is 4.48. The molecule has 0 unspecified atom stereocenters. The van der Waals surface area contributed by atoms with E-state index in [-0.39, 0.29) is 5.54 Å². The number of hydrogen-bond acceptors (Lipinski definition) is 4. The highest BCUT2D eigenvalue weighted by molar-refractivity contribution is 7.85. The van der Waals surface area contributed by atoms with Crippen LogP contribution in [0.25, 0.3) is 0 Å². The Labute approximate surface area is 118 Å². The standard InChI is InChI=1S/C14H23N3OS/c1-14(2,3)16-11-12-10-15-5-4-13(12)17-6-8-19(18)9-7-17/h4-5,10,16H,6-9,11H2,1-3H3. The second-order valence-corrected chi connectivity index (χ2v) is 7.64. The molecule has 0 saturated carbocycles. The van der Waals surface area contributed by atoms with Crippen LogP contribution in [0.3, 0.4) is 0 Å². The summed E-state index contributed by atoms with van der Waals surface area (Å²) in [4.78, 5) is 6.55. The molecule has 0 radical (unpaired) electrons. The molecule has 0 amide bonds. The van der Waals surface area contributed by atoms with Gasteiger partial charge in [-0.05, 0) is 26.8 Å². The molecule has 1 aromatic rings. The minimum Gasteiger partial charge on any atom is -0.369 e. The summed E-state index contributed by atoms with van der Waals surface area (Å²) < 4.78 is 11.4.